The molecule has 1 fully saturated rings. The molecule has 8 heteroatoms. The maximum absolute atomic E-state index is 12.3. The molecule has 0 amide bonds. The van der Waals surface area contributed by atoms with Crippen LogP contribution in [0.15, 0.2) is 20.9 Å². The molecule has 1 N–H and O–H groups in total. The zero-order valence-electron chi connectivity index (χ0n) is 13.7. The number of hydrogen-bond donors (Lipinski definition) is 1. The smallest absolute Gasteiger partial charge is 0.275 e. The number of sulfonamides is 1. The second-order valence-corrected chi connectivity index (χ2v) is 8.87. The summed E-state index contributed by atoms with van der Waals surface area (Å²) in [6.07, 6.45) is 5.63. The fourth-order valence-electron chi connectivity index (χ4n) is 2.94. The molecule has 1 aromatic rings. The summed E-state index contributed by atoms with van der Waals surface area (Å²) in [6.45, 7) is 5.89. The minimum absolute atomic E-state index is 0.112. The molecule has 2 heterocycles. The van der Waals surface area contributed by atoms with Crippen molar-refractivity contribution in [1.29, 1.82) is 0 Å². The Morgan fingerprint density at radius 3 is 2.74 bits per heavy atom. The van der Waals surface area contributed by atoms with Crippen molar-refractivity contribution in [1.82, 2.24) is 9.71 Å². The minimum atomic E-state index is -3.74. The predicted octanol–water partition coefficient (Wildman–Crippen LogP) is 2.20. The second kappa shape index (κ2) is 5.90. The highest BCUT2D eigenvalue weighted by Crippen LogP contribution is 2.32. The zero-order chi connectivity index (χ0) is 16.7. The van der Waals surface area contributed by atoms with Gasteiger partial charge in [0.05, 0.1) is 18.5 Å². The summed E-state index contributed by atoms with van der Waals surface area (Å²) in [6, 6.07) is 0. The van der Waals surface area contributed by atoms with Gasteiger partial charge < -0.3 is 9.25 Å². The van der Waals surface area contributed by atoms with Crippen LogP contribution < -0.4 is 4.72 Å². The van der Waals surface area contributed by atoms with Crippen molar-refractivity contribution in [2.75, 3.05) is 6.54 Å². The van der Waals surface area contributed by atoms with Gasteiger partial charge in [-0.25, -0.2) is 18.1 Å². The molecule has 1 aromatic heterocycles. The Morgan fingerprint density at radius 1 is 1.30 bits per heavy atom. The molecule has 23 heavy (non-hydrogen) atoms. The summed E-state index contributed by atoms with van der Waals surface area (Å²) in [4.78, 5) is 9.46. The molecule has 2 aliphatic rings. The molecular formula is C15H23N3O4S. The van der Waals surface area contributed by atoms with Crippen molar-refractivity contribution < 1.29 is 17.7 Å². The molecule has 0 unspecified atom stereocenters. The molecule has 2 atom stereocenters. The number of nitrogens with one attached hydrogen (secondary N) is 1. The number of rotatable bonds is 4. The maximum atomic E-state index is 12.3. The highest BCUT2D eigenvalue weighted by Gasteiger charge is 2.36. The lowest BCUT2D eigenvalue weighted by atomic mass is 9.84. The molecular weight excluding hydrogens is 318 g/mol. The highest BCUT2D eigenvalue weighted by atomic mass is 32.2. The largest absolute Gasteiger partial charge is 0.427 e. The number of aromatic nitrogens is 1. The first-order valence-electron chi connectivity index (χ1n) is 7.96. The maximum Gasteiger partial charge on any atom is 0.275 e. The Bertz CT molecular complexity index is 703. The summed E-state index contributed by atoms with van der Waals surface area (Å²) in [5, 5.41) is 3.90. The van der Waals surface area contributed by atoms with Crippen LogP contribution in [0.4, 0.5) is 0 Å². The topological polar surface area (TPSA) is 93.8 Å². The van der Waals surface area contributed by atoms with Crippen molar-refractivity contribution >= 4 is 15.7 Å². The number of nitrogens with zero attached hydrogens (tertiary/aromatic N) is 2. The molecule has 0 aromatic carbocycles. The SMILES string of the molecule is CC(C)(C)c1ncc(S(=O)(=O)NCC2=NO[C@@H]3CCCC[C@H]23)o1. The van der Waals surface area contributed by atoms with Crippen LogP contribution in [0.5, 0.6) is 0 Å². The van der Waals surface area contributed by atoms with Crippen LogP contribution in [0.3, 0.4) is 0 Å². The number of oxime groups is 1. The van der Waals surface area contributed by atoms with Crippen LogP contribution in [0, 0.1) is 5.92 Å². The van der Waals surface area contributed by atoms with Gasteiger partial charge in [0.15, 0.2) is 0 Å². The van der Waals surface area contributed by atoms with Crippen LogP contribution >= 0.6 is 0 Å². The van der Waals surface area contributed by atoms with E-state index < -0.39 is 10.0 Å². The monoisotopic (exact) mass is 341 g/mol. The summed E-state index contributed by atoms with van der Waals surface area (Å²) < 4.78 is 32.6. The fourth-order valence-corrected chi connectivity index (χ4v) is 3.80. The summed E-state index contributed by atoms with van der Waals surface area (Å²) >= 11 is 0. The average molecular weight is 341 g/mol. The molecule has 1 aliphatic heterocycles. The van der Waals surface area contributed by atoms with Gasteiger partial charge in [0.2, 0.25) is 5.89 Å². The van der Waals surface area contributed by atoms with Gasteiger partial charge in [0.1, 0.15) is 6.10 Å². The molecule has 128 valence electrons. The van der Waals surface area contributed by atoms with E-state index in [1.807, 2.05) is 20.8 Å². The summed E-state index contributed by atoms with van der Waals surface area (Å²) in [5.74, 6) is 0.623. The van der Waals surface area contributed by atoms with Gasteiger partial charge in [-0.2, -0.15) is 0 Å². The van der Waals surface area contributed by atoms with Gasteiger partial charge in [0.25, 0.3) is 15.1 Å². The van der Waals surface area contributed by atoms with Crippen molar-refractivity contribution in [3.63, 3.8) is 0 Å². The molecule has 0 spiro atoms. The third kappa shape index (κ3) is 3.42. The summed E-state index contributed by atoms with van der Waals surface area (Å²) in [7, 11) is -3.74. The first-order valence-corrected chi connectivity index (χ1v) is 9.44. The Balaban J connectivity index is 1.66. The lowest BCUT2D eigenvalue weighted by Crippen LogP contribution is -2.35. The van der Waals surface area contributed by atoms with Crippen molar-refractivity contribution in [3.8, 4) is 0 Å². The van der Waals surface area contributed by atoms with E-state index in [4.69, 9.17) is 9.25 Å². The Hall–Kier alpha value is -1.41. The average Bonchev–Trinajstić information content (AvgIpc) is 3.12. The Labute approximate surface area is 136 Å². The number of hydrogen-bond acceptors (Lipinski definition) is 6. The third-order valence-electron chi connectivity index (χ3n) is 4.27. The molecule has 3 rings (SSSR count). The predicted molar refractivity (Wildman–Crippen MR) is 84.7 cm³/mol. The van der Waals surface area contributed by atoms with Gasteiger partial charge in [-0.1, -0.05) is 32.3 Å². The number of fused-ring (bicyclic) bond motifs is 1. The van der Waals surface area contributed by atoms with Crippen LogP contribution in [-0.4, -0.2) is 31.8 Å². The van der Waals surface area contributed by atoms with E-state index >= 15 is 0 Å². The minimum Gasteiger partial charge on any atom is -0.427 e. The van der Waals surface area contributed by atoms with Gasteiger partial charge in [0, 0.05) is 11.3 Å². The first-order chi connectivity index (χ1) is 10.8. The fraction of sp³-hybridized carbons (Fsp3) is 0.733. The van der Waals surface area contributed by atoms with Crippen LogP contribution in [0.25, 0.3) is 0 Å². The van der Waals surface area contributed by atoms with E-state index in [1.165, 1.54) is 6.20 Å². The molecule has 1 saturated carbocycles. The molecule has 1 aliphatic carbocycles. The van der Waals surface area contributed by atoms with Crippen molar-refractivity contribution in [2.24, 2.45) is 11.1 Å². The first kappa shape index (κ1) is 16.4. The lowest BCUT2D eigenvalue weighted by molar-refractivity contribution is 0.0397. The number of oxazole rings is 1. The lowest BCUT2D eigenvalue weighted by Gasteiger charge is -2.23. The quantitative estimate of drug-likeness (QED) is 0.906. The van der Waals surface area contributed by atoms with Gasteiger partial charge in [-0.15, -0.1) is 0 Å². The van der Waals surface area contributed by atoms with Gasteiger partial charge in [-0.05, 0) is 19.3 Å². The summed E-state index contributed by atoms with van der Waals surface area (Å²) in [5.41, 5.74) is 0.431. The van der Waals surface area contributed by atoms with Crippen molar-refractivity contribution in [3.05, 3.63) is 12.1 Å². The van der Waals surface area contributed by atoms with E-state index in [2.05, 4.69) is 14.9 Å². The Kier molecular flexibility index (Phi) is 4.22. The third-order valence-corrected chi connectivity index (χ3v) is 5.51. The highest BCUT2D eigenvalue weighted by molar-refractivity contribution is 7.89. The molecule has 0 bridgehead atoms. The van der Waals surface area contributed by atoms with Crippen LogP contribution in [0.1, 0.15) is 52.3 Å². The van der Waals surface area contributed by atoms with E-state index in [-0.39, 0.29) is 29.1 Å². The van der Waals surface area contributed by atoms with Gasteiger partial charge in [-0.3, -0.25) is 0 Å². The van der Waals surface area contributed by atoms with Crippen LogP contribution in [0.2, 0.25) is 0 Å². The van der Waals surface area contributed by atoms with E-state index in [1.54, 1.807) is 0 Å². The van der Waals surface area contributed by atoms with Crippen molar-refractivity contribution in [2.45, 2.75) is 63.1 Å². The van der Waals surface area contributed by atoms with E-state index in [0.717, 1.165) is 31.4 Å². The Morgan fingerprint density at radius 2 is 2.04 bits per heavy atom. The van der Waals surface area contributed by atoms with Crippen LogP contribution in [-0.2, 0) is 20.3 Å². The normalized spacial score (nSPS) is 24.9. The molecule has 7 nitrogen and oxygen atoms in total. The molecule has 0 saturated heterocycles. The second-order valence-electron chi connectivity index (χ2n) is 7.18. The van der Waals surface area contributed by atoms with Gasteiger partial charge >= 0.3 is 0 Å². The van der Waals surface area contributed by atoms with E-state index in [9.17, 15) is 8.42 Å². The van der Waals surface area contributed by atoms with E-state index in [0.29, 0.717) is 5.89 Å². The standard InChI is InChI=1S/C15H23N3O4S/c1-15(2,3)14-16-9-13(21-14)23(19,20)17-8-11-10-6-4-5-7-12(10)22-18-11/h9-10,12,17H,4-8H2,1-3H3/t10-,12-/m1/s1. The molecule has 0 radical (unpaired) electrons. The zero-order valence-corrected chi connectivity index (χ0v) is 14.5.